The van der Waals surface area contributed by atoms with E-state index < -0.39 is 5.97 Å². The zero-order valence-corrected chi connectivity index (χ0v) is 17.1. The molecule has 0 spiro atoms. The van der Waals surface area contributed by atoms with E-state index in [4.69, 9.17) is 15.5 Å². The van der Waals surface area contributed by atoms with E-state index in [9.17, 15) is 10.1 Å². The van der Waals surface area contributed by atoms with Crippen LogP contribution < -0.4 is 5.73 Å². The molecule has 0 bridgehead atoms. The van der Waals surface area contributed by atoms with Crippen molar-refractivity contribution in [2.24, 2.45) is 0 Å². The van der Waals surface area contributed by atoms with Gasteiger partial charge < -0.3 is 19.9 Å². The van der Waals surface area contributed by atoms with Crippen molar-refractivity contribution in [1.29, 1.82) is 5.26 Å². The first kappa shape index (κ1) is 19.9. The average molecular weight is 404 g/mol. The molecule has 1 aliphatic rings. The number of nitrogens with zero attached hydrogens (tertiary/aromatic N) is 5. The molecule has 0 atom stereocenters. The summed E-state index contributed by atoms with van der Waals surface area (Å²) in [5, 5.41) is 10.2. The Morgan fingerprint density at radius 1 is 1.23 bits per heavy atom. The van der Waals surface area contributed by atoms with Gasteiger partial charge in [-0.1, -0.05) is 6.07 Å². The molecule has 2 N–H and O–H groups in total. The number of benzene rings is 1. The van der Waals surface area contributed by atoms with Crippen molar-refractivity contribution < 1.29 is 9.53 Å². The van der Waals surface area contributed by atoms with Gasteiger partial charge in [-0.3, -0.25) is 9.88 Å². The number of fused-ring (bicyclic) bond motifs is 1. The maximum absolute atomic E-state index is 12.2. The van der Waals surface area contributed by atoms with Crippen LogP contribution in [0.5, 0.6) is 0 Å². The molecule has 3 aromatic rings. The molecule has 0 unspecified atom stereocenters. The summed E-state index contributed by atoms with van der Waals surface area (Å²) in [5.41, 5.74) is 9.12. The second kappa shape index (κ2) is 8.14. The van der Waals surface area contributed by atoms with E-state index in [2.05, 4.69) is 16.8 Å². The maximum Gasteiger partial charge on any atom is 0.357 e. The highest BCUT2D eigenvalue weighted by Gasteiger charge is 2.22. The molecule has 2 aromatic heterocycles. The van der Waals surface area contributed by atoms with E-state index in [1.165, 1.54) is 7.11 Å². The first-order valence-corrected chi connectivity index (χ1v) is 9.80. The van der Waals surface area contributed by atoms with Crippen molar-refractivity contribution in [3.8, 4) is 11.8 Å². The van der Waals surface area contributed by atoms with Gasteiger partial charge >= 0.3 is 5.97 Å². The highest BCUT2D eigenvalue weighted by atomic mass is 16.5. The number of nitrogens with two attached hydrogens (primary N) is 1. The number of nitriles is 1. The monoisotopic (exact) mass is 404 g/mol. The molecule has 3 heterocycles. The van der Waals surface area contributed by atoms with E-state index >= 15 is 0 Å². The fourth-order valence-electron chi connectivity index (χ4n) is 3.75. The number of pyridine rings is 1. The molecule has 1 aliphatic heterocycles. The largest absolute Gasteiger partial charge is 0.464 e. The lowest BCUT2D eigenvalue weighted by atomic mass is 10.1. The Hall–Kier alpha value is -3.41. The van der Waals surface area contributed by atoms with Gasteiger partial charge in [0.1, 0.15) is 6.07 Å². The lowest BCUT2D eigenvalue weighted by molar-refractivity contribution is 0.0593. The van der Waals surface area contributed by atoms with Crippen LogP contribution in [-0.2, 0) is 11.3 Å². The Morgan fingerprint density at radius 3 is 2.70 bits per heavy atom. The second-order valence-corrected chi connectivity index (χ2v) is 7.54. The molecule has 0 aliphatic carbocycles. The van der Waals surface area contributed by atoms with Gasteiger partial charge in [0, 0.05) is 50.0 Å². The third-order valence-corrected chi connectivity index (χ3v) is 5.53. The molecule has 1 fully saturated rings. The van der Waals surface area contributed by atoms with Gasteiger partial charge in [-0.25, -0.2) is 4.79 Å². The Morgan fingerprint density at radius 2 is 2.00 bits per heavy atom. The molecule has 1 aromatic carbocycles. The molecule has 154 valence electrons. The van der Waals surface area contributed by atoms with E-state index in [0.29, 0.717) is 5.69 Å². The summed E-state index contributed by atoms with van der Waals surface area (Å²) in [6, 6.07) is 11.8. The van der Waals surface area contributed by atoms with Crippen LogP contribution in [0.1, 0.15) is 21.7 Å². The fraction of sp³-hybridized carbons (Fsp3) is 0.318. The molecular formula is C22H24N6O2. The molecule has 0 saturated carbocycles. The van der Waals surface area contributed by atoms with Crippen LogP contribution in [0.3, 0.4) is 0 Å². The van der Waals surface area contributed by atoms with Crippen molar-refractivity contribution >= 4 is 22.6 Å². The summed E-state index contributed by atoms with van der Waals surface area (Å²) < 4.78 is 6.44. The SMILES string of the molecule is COC(=O)c1c(N)c(C#N)cn1-c1ccc2nc(CN3CCN(C)CC3)ccc2c1. The van der Waals surface area contributed by atoms with Crippen LogP contribution >= 0.6 is 0 Å². The van der Waals surface area contributed by atoms with Gasteiger partial charge in [0.15, 0.2) is 5.69 Å². The number of carbonyl (C=O) groups excluding carboxylic acids is 1. The van der Waals surface area contributed by atoms with Crippen LogP contribution in [0.4, 0.5) is 5.69 Å². The quantitative estimate of drug-likeness (QED) is 0.664. The number of piperazine rings is 1. The van der Waals surface area contributed by atoms with Gasteiger partial charge in [-0.15, -0.1) is 0 Å². The Bertz CT molecular complexity index is 1140. The number of methoxy groups -OCH3 is 1. The minimum atomic E-state index is -0.588. The van der Waals surface area contributed by atoms with Crippen molar-refractivity contribution in [2.75, 3.05) is 46.1 Å². The van der Waals surface area contributed by atoms with Crippen LogP contribution in [-0.4, -0.2) is 65.7 Å². The molecule has 0 amide bonds. The number of aromatic nitrogens is 2. The third-order valence-electron chi connectivity index (χ3n) is 5.53. The summed E-state index contributed by atoms with van der Waals surface area (Å²) in [6.07, 6.45) is 1.55. The topological polar surface area (TPSA) is 100 Å². The zero-order valence-electron chi connectivity index (χ0n) is 17.1. The van der Waals surface area contributed by atoms with Crippen LogP contribution in [0, 0.1) is 11.3 Å². The molecule has 1 saturated heterocycles. The minimum absolute atomic E-state index is 0.116. The molecule has 8 nitrogen and oxygen atoms in total. The number of hydrogen-bond acceptors (Lipinski definition) is 7. The molecule has 0 radical (unpaired) electrons. The number of nitrogen functional groups attached to an aromatic ring is 1. The third kappa shape index (κ3) is 3.73. The Kier molecular flexibility index (Phi) is 5.40. The number of hydrogen-bond donors (Lipinski definition) is 1. The Balaban J connectivity index is 1.65. The lowest BCUT2D eigenvalue weighted by Crippen LogP contribution is -2.43. The smallest absolute Gasteiger partial charge is 0.357 e. The second-order valence-electron chi connectivity index (χ2n) is 7.54. The van der Waals surface area contributed by atoms with Crippen molar-refractivity contribution in [1.82, 2.24) is 19.4 Å². The fourth-order valence-corrected chi connectivity index (χ4v) is 3.75. The Labute approximate surface area is 175 Å². The summed E-state index contributed by atoms with van der Waals surface area (Å²) >= 11 is 0. The summed E-state index contributed by atoms with van der Waals surface area (Å²) in [4.78, 5) is 21.8. The highest BCUT2D eigenvalue weighted by Crippen LogP contribution is 2.26. The molecular weight excluding hydrogens is 380 g/mol. The number of esters is 1. The highest BCUT2D eigenvalue weighted by molar-refractivity contribution is 5.96. The van der Waals surface area contributed by atoms with E-state index in [1.807, 2.05) is 36.4 Å². The predicted octanol–water partition coefficient (Wildman–Crippen LogP) is 2.01. The average Bonchev–Trinajstić information content (AvgIpc) is 3.10. The summed E-state index contributed by atoms with van der Waals surface area (Å²) in [6.45, 7) is 5.06. The van der Waals surface area contributed by atoms with Gasteiger partial charge in [0.05, 0.1) is 29.6 Å². The van der Waals surface area contributed by atoms with Crippen molar-refractivity contribution in [3.05, 3.63) is 53.5 Å². The molecule has 8 heteroatoms. The summed E-state index contributed by atoms with van der Waals surface area (Å²) in [7, 11) is 3.43. The standard InChI is InChI=1S/C22H24N6O2/c1-26-7-9-27(10-8-26)14-17-4-3-15-11-18(5-6-19(15)25-17)28-13-16(12-23)20(24)21(28)22(29)30-2/h3-6,11,13H,7-10,14,24H2,1-2H3. The normalized spacial score (nSPS) is 15.2. The number of anilines is 1. The summed E-state index contributed by atoms with van der Waals surface area (Å²) in [5.74, 6) is -0.588. The number of likely N-dealkylation sites (N-methyl/N-ethyl adjacent to an activating group) is 1. The lowest BCUT2D eigenvalue weighted by Gasteiger charge is -2.32. The first-order chi connectivity index (χ1) is 14.5. The van der Waals surface area contributed by atoms with Gasteiger partial charge in [-0.05, 0) is 31.3 Å². The van der Waals surface area contributed by atoms with Gasteiger partial charge in [0.2, 0.25) is 0 Å². The van der Waals surface area contributed by atoms with E-state index in [0.717, 1.165) is 49.3 Å². The predicted molar refractivity (Wildman–Crippen MR) is 114 cm³/mol. The van der Waals surface area contributed by atoms with Crippen molar-refractivity contribution in [2.45, 2.75) is 6.54 Å². The first-order valence-electron chi connectivity index (χ1n) is 9.80. The van der Waals surface area contributed by atoms with Gasteiger partial charge in [-0.2, -0.15) is 5.26 Å². The van der Waals surface area contributed by atoms with Crippen LogP contribution in [0.15, 0.2) is 36.5 Å². The molecule has 4 rings (SSSR count). The zero-order chi connectivity index (χ0) is 21.3. The van der Waals surface area contributed by atoms with E-state index in [-0.39, 0.29) is 16.9 Å². The van der Waals surface area contributed by atoms with Crippen molar-refractivity contribution in [3.63, 3.8) is 0 Å². The van der Waals surface area contributed by atoms with Crippen LogP contribution in [0.25, 0.3) is 16.6 Å². The number of carbonyl (C=O) groups is 1. The minimum Gasteiger partial charge on any atom is -0.464 e. The van der Waals surface area contributed by atoms with E-state index in [1.54, 1.807) is 10.8 Å². The molecule has 30 heavy (non-hydrogen) atoms. The number of ether oxygens (including phenoxy) is 1. The van der Waals surface area contributed by atoms with Crippen LogP contribution in [0.2, 0.25) is 0 Å². The number of rotatable bonds is 4. The maximum atomic E-state index is 12.2. The van der Waals surface area contributed by atoms with Gasteiger partial charge in [0.25, 0.3) is 0 Å².